The van der Waals surface area contributed by atoms with Crippen molar-refractivity contribution in [3.8, 4) is 0 Å². The number of anilines is 1. The predicted molar refractivity (Wildman–Crippen MR) is 63.1 cm³/mol. The Morgan fingerprint density at radius 1 is 1.18 bits per heavy atom. The SMILES string of the molecule is O=C1CC(c2ccco2)NN1c1ccccc1. The maximum Gasteiger partial charge on any atom is 0.243 e. The number of carbonyl (C=O) groups is 1. The van der Waals surface area contributed by atoms with Gasteiger partial charge in [-0.05, 0) is 24.3 Å². The molecule has 2 aromatic rings. The lowest BCUT2D eigenvalue weighted by Gasteiger charge is -2.17. The smallest absolute Gasteiger partial charge is 0.243 e. The largest absolute Gasteiger partial charge is 0.468 e. The minimum Gasteiger partial charge on any atom is -0.468 e. The number of rotatable bonds is 2. The number of amides is 1. The monoisotopic (exact) mass is 228 g/mol. The van der Waals surface area contributed by atoms with Gasteiger partial charge >= 0.3 is 0 Å². The fourth-order valence-electron chi connectivity index (χ4n) is 1.99. The summed E-state index contributed by atoms with van der Waals surface area (Å²) in [6.45, 7) is 0. The van der Waals surface area contributed by atoms with Crippen LogP contribution in [0, 0.1) is 0 Å². The third-order valence-electron chi connectivity index (χ3n) is 2.81. The van der Waals surface area contributed by atoms with E-state index in [0.29, 0.717) is 6.42 Å². The number of para-hydroxylation sites is 1. The highest BCUT2D eigenvalue weighted by Gasteiger charge is 2.32. The Morgan fingerprint density at radius 2 is 2.00 bits per heavy atom. The third kappa shape index (κ3) is 1.83. The molecule has 4 nitrogen and oxygen atoms in total. The van der Waals surface area contributed by atoms with Crippen LogP contribution in [0.1, 0.15) is 18.2 Å². The summed E-state index contributed by atoms with van der Waals surface area (Å²) in [5.74, 6) is 0.842. The quantitative estimate of drug-likeness (QED) is 0.857. The summed E-state index contributed by atoms with van der Waals surface area (Å²) < 4.78 is 5.31. The highest BCUT2D eigenvalue weighted by Crippen LogP contribution is 2.27. The van der Waals surface area contributed by atoms with E-state index in [0.717, 1.165) is 11.4 Å². The molecule has 1 aliphatic rings. The van der Waals surface area contributed by atoms with Crippen LogP contribution in [0.3, 0.4) is 0 Å². The van der Waals surface area contributed by atoms with Crippen molar-refractivity contribution < 1.29 is 9.21 Å². The molecule has 1 aliphatic heterocycles. The van der Waals surface area contributed by atoms with Crippen LogP contribution in [0.25, 0.3) is 0 Å². The number of hydrogen-bond acceptors (Lipinski definition) is 3. The topological polar surface area (TPSA) is 45.5 Å². The summed E-state index contributed by atoms with van der Waals surface area (Å²) in [6.07, 6.45) is 2.04. The van der Waals surface area contributed by atoms with Crippen molar-refractivity contribution in [3.05, 3.63) is 54.5 Å². The molecule has 0 saturated carbocycles. The van der Waals surface area contributed by atoms with Gasteiger partial charge in [-0.15, -0.1) is 0 Å². The Hall–Kier alpha value is -2.07. The van der Waals surface area contributed by atoms with E-state index in [2.05, 4.69) is 5.43 Å². The van der Waals surface area contributed by atoms with Gasteiger partial charge in [0.2, 0.25) is 5.91 Å². The molecule has 0 bridgehead atoms. The normalized spacial score (nSPS) is 19.9. The van der Waals surface area contributed by atoms with Gasteiger partial charge in [0.25, 0.3) is 0 Å². The summed E-state index contributed by atoms with van der Waals surface area (Å²) >= 11 is 0. The van der Waals surface area contributed by atoms with Crippen LogP contribution in [0.2, 0.25) is 0 Å². The van der Waals surface area contributed by atoms with Crippen molar-refractivity contribution in [2.45, 2.75) is 12.5 Å². The van der Waals surface area contributed by atoms with Crippen LogP contribution in [0.4, 0.5) is 5.69 Å². The lowest BCUT2D eigenvalue weighted by atomic mass is 10.2. The molecule has 1 aromatic carbocycles. The predicted octanol–water partition coefficient (Wildman–Crippen LogP) is 2.26. The molecule has 4 heteroatoms. The van der Waals surface area contributed by atoms with Gasteiger partial charge in [-0.3, -0.25) is 4.79 Å². The number of hydrazine groups is 1. The Morgan fingerprint density at radius 3 is 2.71 bits per heavy atom. The fraction of sp³-hybridized carbons (Fsp3) is 0.154. The second-order valence-corrected chi connectivity index (χ2v) is 3.97. The summed E-state index contributed by atoms with van der Waals surface area (Å²) in [4.78, 5) is 11.9. The summed E-state index contributed by atoms with van der Waals surface area (Å²) in [7, 11) is 0. The molecule has 1 atom stereocenters. The second kappa shape index (κ2) is 4.07. The number of hydrogen-bond donors (Lipinski definition) is 1. The molecular weight excluding hydrogens is 216 g/mol. The summed E-state index contributed by atoms with van der Waals surface area (Å²) in [5.41, 5.74) is 4.00. The first-order valence-corrected chi connectivity index (χ1v) is 5.52. The van der Waals surface area contributed by atoms with Crippen molar-refractivity contribution in [2.24, 2.45) is 0 Å². The van der Waals surface area contributed by atoms with E-state index in [1.54, 1.807) is 11.3 Å². The Balaban J connectivity index is 1.83. The van der Waals surface area contributed by atoms with Gasteiger partial charge in [-0.25, -0.2) is 10.4 Å². The number of nitrogens with one attached hydrogen (secondary N) is 1. The number of benzene rings is 1. The van der Waals surface area contributed by atoms with E-state index >= 15 is 0 Å². The van der Waals surface area contributed by atoms with Crippen LogP contribution in [-0.2, 0) is 4.79 Å². The van der Waals surface area contributed by atoms with E-state index in [1.807, 2.05) is 42.5 Å². The maximum atomic E-state index is 11.9. The van der Waals surface area contributed by atoms with Gasteiger partial charge < -0.3 is 4.42 Å². The van der Waals surface area contributed by atoms with E-state index in [9.17, 15) is 4.79 Å². The minimum absolute atomic E-state index is 0.0533. The van der Waals surface area contributed by atoms with E-state index in [-0.39, 0.29) is 11.9 Å². The molecule has 1 N–H and O–H groups in total. The van der Waals surface area contributed by atoms with Crippen molar-refractivity contribution >= 4 is 11.6 Å². The first kappa shape index (κ1) is 10.1. The third-order valence-corrected chi connectivity index (χ3v) is 2.81. The zero-order valence-corrected chi connectivity index (χ0v) is 9.17. The lowest BCUT2D eigenvalue weighted by Crippen LogP contribution is -2.34. The minimum atomic E-state index is -0.0716. The molecular formula is C13H12N2O2. The van der Waals surface area contributed by atoms with Gasteiger partial charge in [-0.2, -0.15) is 0 Å². The maximum absolute atomic E-state index is 11.9. The Bertz CT molecular complexity index is 507. The first-order valence-electron chi connectivity index (χ1n) is 5.52. The molecule has 1 fully saturated rings. The Kier molecular flexibility index (Phi) is 2.42. The lowest BCUT2D eigenvalue weighted by molar-refractivity contribution is -0.117. The molecule has 1 unspecified atom stereocenters. The standard InChI is InChI=1S/C13H12N2O2/c16-13-9-11(12-7-4-8-17-12)14-15(13)10-5-2-1-3-6-10/h1-8,11,14H,9H2. The highest BCUT2D eigenvalue weighted by atomic mass is 16.3. The average Bonchev–Trinajstić information content (AvgIpc) is 2.99. The average molecular weight is 228 g/mol. The van der Waals surface area contributed by atoms with Crippen molar-refractivity contribution in [1.82, 2.24) is 5.43 Å². The molecule has 17 heavy (non-hydrogen) atoms. The van der Waals surface area contributed by atoms with Gasteiger partial charge in [0.15, 0.2) is 0 Å². The molecule has 1 saturated heterocycles. The molecule has 3 rings (SSSR count). The van der Waals surface area contributed by atoms with Crippen LogP contribution in [0.15, 0.2) is 53.1 Å². The zero-order valence-electron chi connectivity index (χ0n) is 9.17. The summed E-state index contributed by atoms with van der Waals surface area (Å²) in [6, 6.07) is 13.2. The van der Waals surface area contributed by atoms with Gasteiger partial charge in [0, 0.05) is 0 Å². The highest BCUT2D eigenvalue weighted by molar-refractivity contribution is 5.94. The van der Waals surface area contributed by atoms with Crippen molar-refractivity contribution in [2.75, 3.05) is 5.01 Å². The number of nitrogens with zero attached hydrogens (tertiary/aromatic N) is 1. The first-order chi connectivity index (χ1) is 8.34. The van der Waals surface area contributed by atoms with Crippen molar-refractivity contribution in [3.63, 3.8) is 0 Å². The van der Waals surface area contributed by atoms with Gasteiger partial charge in [-0.1, -0.05) is 18.2 Å². The van der Waals surface area contributed by atoms with Crippen LogP contribution < -0.4 is 10.4 Å². The molecule has 1 amide bonds. The molecule has 1 aromatic heterocycles. The second-order valence-electron chi connectivity index (χ2n) is 3.97. The van der Waals surface area contributed by atoms with Crippen LogP contribution in [-0.4, -0.2) is 5.91 Å². The number of furan rings is 1. The Labute approximate surface area is 98.8 Å². The van der Waals surface area contributed by atoms with Gasteiger partial charge in [0.05, 0.1) is 24.4 Å². The van der Waals surface area contributed by atoms with Gasteiger partial charge in [0.1, 0.15) is 5.76 Å². The van der Waals surface area contributed by atoms with E-state index in [1.165, 1.54) is 0 Å². The van der Waals surface area contributed by atoms with E-state index in [4.69, 9.17) is 4.42 Å². The molecule has 0 aliphatic carbocycles. The molecule has 0 spiro atoms. The molecule has 86 valence electrons. The fourth-order valence-corrected chi connectivity index (χ4v) is 1.99. The molecule has 2 heterocycles. The zero-order chi connectivity index (χ0) is 11.7. The van der Waals surface area contributed by atoms with E-state index < -0.39 is 0 Å². The number of carbonyl (C=O) groups excluding carboxylic acids is 1. The van der Waals surface area contributed by atoms with Crippen LogP contribution in [0.5, 0.6) is 0 Å². The van der Waals surface area contributed by atoms with Crippen molar-refractivity contribution in [1.29, 1.82) is 0 Å². The molecule has 0 radical (unpaired) electrons. The summed E-state index contributed by atoms with van der Waals surface area (Å²) in [5, 5.41) is 1.58. The van der Waals surface area contributed by atoms with Crippen LogP contribution >= 0.6 is 0 Å².